The average Bonchev–Trinajstić information content (AvgIpc) is 3.35. The van der Waals surface area contributed by atoms with Gasteiger partial charge in [0.2, 0.25) is 0 Å². The van der Waals surface area contributed by atoms with Crippen LogP contribution in [0.3, 0.4) is 0 Å². The number of amides is 1. The van der Waals surface area contributed by atoms with Crippen molar-refractivity contribution in [3.8, 4) is 23.0 Å². The number of pyridine rings is 3. The maximum absolute atomic E-state index is 15.0. The fourth-order valence-corrected chi connectivity index (χ4v) is 4.73. The standard InChI is InChI=1S/C28H24FN7O2/c1-2-38-19-9-10-23(32-16-19)27-35-34-26(36(27)24-8-4-3-6-21(24)29)17-14-18(15-17)33-28(37)20-11-13-30-22-7-5-12-31-25(20)22/h3-13,16-18H,2,14-15H2,1H3,(H,33,37). The van der Waals surface area contributed by atoms with E-state index in [1.165, 1.54) is 6.07 Å². The number of rotatable bonds is 7. The first-order chi connectivity index (χ1) is 18.6. The lowest BCUT2D eigenvalue weighted by Crippen LogP contribution is -2.44. The Morgan fingerprint density at radius 1 is 1.03 bits per heavy atom. The molecule has 0 atom stereocenters. The average molecular weight is 510 g/mol. The third-order valence-corrected chi connectivity index (χ3v) is 6.64. The first-order valence-corrected chi connectivity index (χ1v) is 12.4. The number of hydrogen-bond donors (Lipinski definition) is 1. The molecule has 1 aromatic carbocycles. The van der Waals surface area contributed by atoms with Gasteiger partial charge < -0.3 is 10.1 Å². The van der Waals surface area contributed by atoms with Crippen LogP contribution in [-0.4, -0.2) is 48.3 Å². The van der Waals surface area contributed by atoms with Gasteiger partial charge in [-0.2, -0.15) is 0 Å². The fraction of sp³-hybridized carbons (Fsp3) is 0.214. The van der Waals surface area contributed by atoms with Gasteiger partial charge in [-0.15, -0.1) is 10.2 Å². The summed E-state index contributed by atoms with van der Waals surface area (Å²) in [6, 6.07) is 15.3. The zero-order chi connectivity index (χ0) is 26.1. The van der Waals surface area contributed by atoms with E-state index in [-0.39, 0.29) is 23.7 Å². The van der Waals surface area contributed by atoms with Crippen LogP contribution in [0.15, 0.2) is 73.2 Å². The third kappa shape index (κ3) is 4.34. The summed E-state index contributed by atoms with van der Waals surface area (Å²) in [7, 11) is 0. The molecule has 0 aliphatic heterocycles. The van der Waals surface area contributed by atoms with Crippen molar-refractivity contribution in [2.24, 2.45) is 0 Å². The summed E-state index contributed by atoms with van der Waals surface area (Å²) in [6.45, 7) is 2.43. The number of aromatic nitrogens is 6. The van der Waals surface area contributed by atoms with Gasteiger partial charge in [0.15, 0.2) is 5.82 Å². The molecule has 1 N–H and O–H groups in total. The minimum Gasteiger partial charge on any atom is -0.492 e. The number of ether oxygens (including phenoxy) is 1. The number of fused-ring (bicyclic) bond motifs is 1. The van der Waals surface area contributed by atoms with Crippen LogP contribution in [0.4, 0.5) is 4.39 Å². The minimum atomic E-state index is -0.387. The number of nitrogens with one attached hydrogen (secondary N) is 1. The van der Waals surface area contributed by atoms with E-state index in [0.717, 1.165) is 0 Å². The van der Waals surface area contributed by atoms with Crippen molar-refractivity contribution >= 4 is 16.9 Å². The van der Waals surface area contributed by atoms with Crippen LogP contribution in [0.2, 0.25) is 0 Å². The monoisotopic (exact) mass is 509 g/mol. The van der Waals surface area contributed by atoms with Gasteiger partial charge >= 0.3 is 0 Å². The first-order valence-electron chi connectivity index (χ1n) is 12.4. The predicted molar refractivity (Wildman–Crippen MR) is 138 cm³/mol. The van der Waals surface area contributed by atoms with E-state index in [2.05, 4.69) is 30.5 Å². The van der Waals surface area contributed by atoms with E-state index in [1.807, 2.05) is 13.0 Å². The summed E-state index contributed by atoms with van der Waals surface area (Å²) >= 11 is 0. The van der Waals surface area contributed by atoms with Crippen LogP contribution >= 0.6 is 0 Å². The number of carbonyl (C=O) groups excluding carboxylic acids is 1. The van der Waals surface area contributed by atoms with Gasteiger partial charge in [0, 0.05) is 24.4 Å². The topological polar surface area (TPSA) is 108 Å². The quantitative estimate of drug-likeness (QED) is 0.345. The fourth-order valence-electron chi connectivity index (χ4n) is 4.73. The van der Waals surface area contributed by atoms with E-state index < -0.39 is 0 Å². The second-order valence-corrected chi connectivity index (χ2v) is 9.05. The highest BCUT2D eigenvalue weighted by Gasteiger charge is 2.36. The highest BCUT2D eigenvalue weighted by molar-refractivity contribution is 6.04. The molecule has 10 heteroatoms. The Morgan fingerprint density at radius 3 is 2.68 bits per heavy atom. The van der Waals surface area contributed by atoms with Crippen molar-refractivity contribution in [1.82, 2.24) is 35.0 Å². The van der Waals surface area contributed by atoms with Crippen LogP contribution in [0.5, 0.6) is 5.75 Å². The van der Waals surface area contributed by atoms with Crippen LogP contribution < -0.4 is 10.1 Å². The first kappa shape index (κ1) is 23.7. The van der Waals surface area contributed by atoms with Crippen molar-refractivity contribution < 1.29 is 13.9 Å². The van der Waals surface area contributed by atoms with Gasteiger partial charge in [-0.3, -0.25) is 19.3 Å². The van der Waals surface area contributed by atoms with Gasteiger partial charge in [0.1, 0.15) is 28.6 Å². The second-order valence-electron chi connectivity index (χ2n) is 9.05. The Labute approximate surface area is 217 Å². The summed E-state index contributed by atoms with van der Waals surface area (Å²) in [4.78, 5) is 26.1. The number of nitrogens with zero attached hydrogens (tertiary/aromatic N) is 6. The molecule has 1 fully saturated rings. The van der Waals surface area contributed by atoms with Crippen molar-refractivity contribution in [2.75, 3.05) is 6.61 Å². The van der Waals surface area contributed by atoms with Crippen molar-refractivity contribution in [2.45, 2.75) is 31.7 Å². The molecule has 0 bridgehead atoms. The molecule has 0 radical (unpaired) electrons. The Hall–Kier alpha value is -4.73. The maximum Gasteiger partial charge on any atom is 0.253 e. The van der Waals surface area contributed by atoms with E-state index in [0.29, 0.717) is 64.8 Å². The lowest BCUT2D eigenvalue weighted by atomic mass is 9.79. The molecular formula is C28H24FN7O2. The van der Waals surface area contributed by atoms with E-state index in [9.17, 15) is 9.18 Å². The summed E-state index contributed by atoms with van der Waals surface area (Å²) in [6.07, 6.45) is 6.16. The molecule has 0 spiro atoms. The molecule has 6 rings (SSSR count). The molecule has 5 aromatic rings. The summed E-state index contributed by atoms with van der Waals surface area (Å²) in [5, 5.41) is 11.9. The molecule has 0 unspecified atom stereocenters. The van der Waals surface area contributed by atoms with E-state index >= 15 is 0 Å². The smallest absolute Gasteiger partial charge is 0.253 e. The lowest BCUT2D eigenvalue weighted by molar-refractivity contribution is 0.0908. The zero-order valence-electron chi connectivity index (χ0n) is 20.6. The van der Waals surface area contributed by atoms with Crippen LogP contribution in [0, 0.1) is 5.82 Å². The Morgan fingerprint density at radius 2 is 1.89 bits per heavy atom. The van der Waals surface area contributed by atoms with Crippen molar-refractivity contribution in [1.29, 1.82) is 0 Å². The molecule has 38 heavy (non-hydrogen) atoms. The SMILES string of the molecule is CCOc1ccc(-c2nnc(C3CC(NC(=O)c4ccnc5cccnc45)C3)n2-c2ccccc2F)nc1. The molecule has 190 valence electrons. The van der Waals surface area contributed by atoms with Gasteiger partial charge in [-0.1, -0.05) is 12.1 Å². The van der Waals surface area contributed by atoms with Gasteiger partial charge in [0.25, 0.3) is 5.91 Å². The molecule has 0 saturated heterocycles. The Balaban J connectivity index is 1.25. The molecule has 1 saturated carbocycles. The lowest BCUT2D eigenvalue weighted by Gasteiger charge is -2.35. The molecule has 4 heterocycles. The minimum absolute atomic E-state index is 0.0174. The van der Waals surface area contributed by atoms with Crippen LogP contribution in [-0.2, 0) is 0 Å². The predicted octanol–water partition coefficient (Wildman–Crippen LogP) is 4.49. The summed E-state index contributed by atoms with van der Waals surface area (Å²) in [5.41, 5.74) is 2.62. The van der Waals surface area contributed by atoms with E-state index in [4.69, 9.17) is 4.74 Å². The largest absolute Gasteiger partial charge is 0.492 e. The molecule has 9 nitrogen and oxygen atoms in total. The van der Waals surface area contributed by atoms with Crippen LogP contribution in [0.25, 0.3) is 28.2 Å². The maximum atomic E-state index is 15.0. The highest BCUT2D eigenvalue weighted by Crippen LogP contribution is 2.39. The number of benzene rings is 1. The van der Waals surface area contributed by atoms with Crippen molar-refractivity contribution in [3.05, 3.63) is 90.4 Å². The second kappa shape index (κ2) is 9.97. The van der Waals surface area contributed by atoms with E-state index in [1.54, 1.807) is 65.6 Å². The van der Waals surface area contributed by atoms with Gasteiger partial charge in [-0.25, -0.2) is 9.37 Å². The normalized spacial score (nSPS) is 16.7. The molecule has 4 aromatic heterocycles. The van der Waals surface area contributed by atoms with Gasteiger partial charge in [-0.05, 0) is 62.2 Å². The van der Waals surface area contributed by atoms with Crippen LogP contribution in [0.1, 0.15) is 41.9 Å². The van der Waals surface area contributed by atoms with Crippen molar-refractivity contribution in [3.63, 3.8) is 0 Å². The Kier molecular flexibility index (Phi) is 6.20. The molecule has 1 aliphatic rings. The molecule has 1 amide bonds. The highest BCUT2D eigenvalue weighted by atomic mass is 19.1. The van der Waals surface area contributed by atoms with Gasteiger partial charge in [0.05, 0.1) is 29.6 Å². The number of carbonyl (C=O) groups is 1. The summed E-state index contributed by atoms with van der Waals surface area (Å²) in [5.74, 6) is 1.10. The molecular weight excluding hydrogens is 485 g/mol. The number of hydrogen-bond acceptors (Lipinski definition) is 7. The Bertz CT molecular complexity index is 1610. The zero-order valence-corrected chi connectivity index (χ0v) is 20.6. The summed E-state index contributed by atoms with van der Waals surface area (Å²) < 4.78 is 22.2. The number of halogens is 1. The third-order valence-electron chi connectivity index (χ3n) is 6.64. The number of para-hydroxylation sites is 1. The molecule has 1 aliphatic carbocycles.